The van der Waals surface area contributed by atoms with Crippen molar-refractivity contribution in [1.29, 1.82) is 0 Å². The first-order chi connectivity index (χ1) is 15.1. The Hall–Kier alpha value is -3.36. The maximum absolute atomic E-state index is 10.7. The third kappa shape index (κ3) is 6.56. The molecule has 2 aromatic carbocycles. The van der Waals surface area contributed by atoms with E-state index in [4.69, 9.17) is 21.1 Å². The molecule has 0 fully saturated rings. The second-order valence-corrected chi connectivity index (χ2v) is 7.07. The Bertz CT molecular complexity index is 1000. The number of rotatable bonds is 11. The molecule has 0 aliphatic carbocycles. The Morgan fingerprint density at radius 2 is 1.94 bits per heavy atom. The van der Waals surface area contributed by atoms with Crippen LogP contribution in [0.15, 0.2) is 60.9 Å². The lowest BCUT2D eigenvalue weighted by atomic mass is 10.2. The SMILES string of the molecule is COc1cc(CNCCNc2ccc([N+](=O)[O-])cc2)cc(Cl)c1OCc1cccnc1. The molecule has 31 heavy (non-hydrogen) atoms. The number of ether oxygens (including phenoxy) is 2. The number of nitrogens with one attached hydrogen (secondary N) is 2. The van der Waals surface area contributed by atoms with E-state index >= 15 is 0 Å². The van der Waals surface area contributed by atoms with E-state index in [-0.39, 0.29) is 5.69 Å². The molecule has 0 spiro atoms. The van der Waals surface area contributed by atoms with Crippen molar-refractivity contribution >= 4 is 23.0 Å². The molecule has 0 radical (unpaired) electrons. The van der Waals surface area contributed by atoms with E-state index in [9.17, 15) is 10.1 Å². The molecule has 0 aliphatic rings. The number of nitro groups is 1. The van der Waals surface area contributed by atoms with Gasteiger partial charge in [-0.15, -0.1) is 0 Å². The molecule has 0 aliphatic heterocycles. The summed E-state index contributed by atoms with van der Waals surface area (Å²) in [5.74, 6) is 1.06. The minimum absolute atomic E-state index is 0.0716. The van der Waals surface area contributed by atoms with Crippen LogP contribution in [0.1, 0.15) is 11.1 Å². The molecule has 3 rings (SSSR count). The first-order valence-electron chi connectivity index (χ1n) is 9.64. The summed E-state index contributed by atoms with van der Waals surface area (Å²) >= 11 is 6.43. The zero-order valence-corrected chi connectivity index (χ0v) is 17.8. The quantitative estimate of drug-likeness (QED) is 0.257. The second kappa shape index (κ2) is 11.1. The van der Waals surface area contributed by atoms with E-state index in [2.05, 4.69) is 15.6 Å². The van der Waals surface area contributed by atoms with Gasteiger partial charge in [-0.25, -0.2) is 0 Å². The van der Waals surface area contributed by atoms with Gasteiger partial charge >= 0.3 is 0 Å². The normalized spacial score (nSPS) is 10.5. The van der Waals surface area contributed by atoms with Gasteiger partial charge < -0.3 is 20.1 Å². The van der Waals surface area contributed by atoms with Gasteiger partial charge in [0, 0.05) is 55.4 Å². The fraction of sp³-hybridized carbons (Fsp3) is 0.227. The van der Waals surface area contributed by atoms with Crippen molar-refractivity contribution in [3.8, 4) is 11.5 Å². The number of nitro benzene ring substituents is 1. The van der Waals surface area contributed by atoms with Crippen LogP contribution < -0.4 is 20.1 Å². The highest BCUT2D eigenvalue weighted by molar-refractivity contribution is 6.32. The summed E-state index contributed by atoms with van der Waals surface area (Å²) in [7, 11) is 1.58. The number of non-ortho nitro benzene ring substituents is 1. The van der Waals surface area contributed by atoms with Crippen LogP contribution in [0.4, 0.5) is 11.4 Å². The lowest BCUT2D eigenvalue weighted by Crippen LogP contribution is -2.21. The van der Waals surface area contributed by atoms with Crippen LogP contribution in [0.3, 0.4) is 0 Å². The number of aromatic nitrogens is 1. The van der Waals surface area contributed by atoms with E-state index in [1.54, 1.807) is 31.6 Å². The molecule has 8 nitrogen and oxygen atoms in total. The van der Waals surface area contributed by atoms with Crippen molar-refractivity contribution < 1.29 is 14.4 Å². The number of hydrogen-bond donors (Lipinski definition) is 2. The third-order valence-corrected chi connectivity index (χ3v) is 4.71. The molecule has 9 heteroatoms. The van der Waals surface area contributed by atoms with Crippen molar-refractivity contribution in [3.05, 3.63) is 87.2 Å². The average molecular weight is 443 g/mol. The van der Waals surface area contributed by atoms with Crippen LogP contribution in [0, 0.1) is 10.1 Å². The number of pyridine rings is 1. The summed E-state index contributed by atoms with van der Waals surface area (Å²) < 4.78 is 11.3. The van der Waals surface area contributed by atoms with Gasteiger partial charge in [0.25, 0.3) is 5.69 Å². The lowest BCUT2D eigenvalue weighted by Gasteiger charge is -2.15. The largest absolute Gasteiger partial charge is 0.493 e. The van der Waals surface area contributed by atoms with Crippen LogP contribution in [-0.2, 0) is 13.2 Å². The second-order valence-electron chi connectivity index (χ2n) is 6.67. The Morgan fingerprint density at radius 1 is 1.13 bits per heavy atom. The molecular weight excluding hydrogens is 420 g/mol. The van der Waals surface area contributed by atoms with Crippen LogP contribution in [0.2, 0.25) is 5.02 Å². The maximum Gasteiger partial charge on any atom is 0.269 e. The van der Waals surface area contributed by atoms with Gasteiger partial charge in [-0.3, -0.25) is 15.1 Å². The summed E-state index contributed by atoms with van der Waals surface area (Å²) in [6.45, 7) is 2.29. The Balaban J connectivity index is 1.48. The molecule has 162 valence electrons. The van der Waals surface area contributed by atoms with Crippen molar-refractivity contribution in [2.75, 3.05) is 25.5 Å². The molecule has 1 heterocycles. The monoisotopic (exact) mass is 442 g/mol. The fourth-order valence-corrected chi connectivity index (χ4v) is 3.17. The first-order valence-corrected chi connectivity index (χ1v) is 10.0. The molecule has 0 saturated heterocycles. The van der Waals surface area contributed by atoms with E-state index in [0.717, 1.165) is 16.8 Å². The third-order valence-electron chi connectivity index (χ3n) is 4.43. The smallest absolute Gasteiger partial charge is 0.269 e. The number of nitrogens with zero attached hydrogens (tertiary/aromatic N) is 2. The number of halogens is 1. The highest BCUT2D eigenvalue weighted by Crippen LogP contribution is 2.37. The molecule has 1 aromatic heterocycles. The molecule has 0 bridgehead atoms. The summed E-state index contributed by atoms with van der Waals surface area (Å²) in [4.78, 5) is 14.3. The van der Waals surface area contributed by atoms with E-state index in [0.29, 0.717) is 42.8 Å². The highest BCUT2D eigenvalue weighted by Gasteiger charge is 2.12. The molecule has 0 saturated carbocycles. The molecule has 3 aromatic rings. The van der Waals surface area contributed by atoms with Gasteiger partial charge in [0.1, 0.15) is 6.61 Å². The van der Waals surface area contributed by atoms with Crippen LogP contribution in [-0.4, -0.2) is 30.1 Å². The van der Waals surface area contributed by atoms with Gasteiger partial charge in [0.05, 0.1) is 17.1 Å². The van der Waals surface area contributed by atoms with Crippen molar-refractivity contribution in [3.63, 3.8) is 0 Å². The number of anilines is 1. The zero-order valence-electron chi connectivity index (χ0n) is 17.0. The predicted molar refractivity (Wildman–Crippen MR) is 120 cm³/mol. The van der Waals surface area contributed by atoms with E-state index in [1.807, 2.05) is 24.3 Å². The van der Waals surface area contributed by atoms with Crippen LogP contribution >= 0.6 is 11.6 Å². The topological polar surface area (TPSA) is 98.5 Å². The zero-order chi connectivity index (χ0) is 22.1. The lowest BCUT2D eigenvalue weighted by molar-refractivity contribution is -0.384. The van der Waals surface area contributed by atoms with Gasteiger partial charge in [0.15, 0.2) is 11.5 Å². The summed E-state index contributed by atoms with van der Waals surface area (Å²) in [6.07, 6.45) is 3.45. The van der Waals surface area contributed by atoms with E-state index in [1.165, 1.54) is 12.1 Å². The number of hydrogen-bond acceptors (Lipinski definition) is 7. The van der Waals surface area contributed by atoms with Gasteiger partial charge in [-0.05, 0) is 35.9 Å². The highest BCUT2D eigenvalue weighted by atomic mass is 35.5. The van der Waals surface area contributed by atoms with Crippen molar-refractivity contribution in [2.45, 2.75) is 13.2 Å². The van der Waals surface area contributed by atoms with Crippen molar-refractivity contribution in [1.82, 2.24) is 10.3 Å². The minimum atomic E-state index is -0.417. The van der Waals surface area contributed by atoms with Crippen LogP contribution in [0.25, 0.3) is 0 Å². The summed E-state index contributed by atoms with van der Waals surface area (Å²) in [5.41, 5.74) is 2.80. The van der Waals surface area contributed by atoms with Gasteiger partial charge in [-0.2, -0.15) is 0 Å². The molecule has 2 N–H and O–H groups in total. The molecule has 0 atom stereocenters. The Kier molecular flexibility index (Phi) is 8.03. The Morgan fingerprint density at radius 3 is 2.61 bits per heavy atom. The minimum Gasteiger partial charge on any atom is -0.493 e. The van der Waals surface area contributed by atoms with Gasteiger partial charge in [-0.1, -0.05) is 17.7 Å². The standard InChI is InChI=1S/C22H23ClN4O4/c1-30-21-12-17(11-20(23)22(21)31-15-16-3-2-8-24-13-16)14-25-9-10-26-18-4-6-19(7-5-18)27(28)29/h2-8,11-13,25-26H,9-10,14-15H2,1H3. The predicted octanol–water partition coefficient (Wildman–Crippen LogP) is 4.43. The molecular formula is C22H23ClN4O4. The molecule has 0 amide bonds. The van der Waals surface area contributed by atoms with Crippen molar-refractivity contribution in [2.24, 2.45) is 0 Å². The maximum atomic E-state index is 10.7. The Labute approximate surface area is 185 Å². The first kappa shape index (κ1) is 22.3. The van der Waals surface area contributed by atoms with Crippen LogP contribution in [0.5, 0.6) is 11.5 Å². The summed E-state index contributed by atoms with van der Waals surface area (Å²) in [6, 6.07) is 13.8. The average Bonchev–Trinajstić information content (AvgIpc) is 2.78. The van der Waals surface area contributed by atoms with E-state index < -0.39 is 4.92 Å². The fourth-order valence-electron chi connectivity index (χ4n) is 2.88. The molecule has 0 unspecified atom stereocenters. The number of methoxy groups -OCH3 is 1. The number of benzene rings is 2. The van der Waals surface area contributed by atoms with Gasteiger partial charge in [0.2, 0.25) is 0 Å². The summed E-state index contributed by atoms with van der Waals surface area (Å²) in [5, 5.41) is 17.7.